The van der Waals surface area contributed by atoms with Crippen molar-refractivity contribution in [2.45, 2.75) is 24.0 Å². The average Bonchev–Trinajstić information content (AvgIpc) is 3.02. The van der Waals surface area contributed by atoms with Gasteiger partial charge in [0, 0.05) is 0 Å². The molecule has 0 unspecified atom stereocenters. The number of hydrogen-bond donors (Lipinski definition) is 4. The van der Waals surface area contributed by atoms with Gasteiger partial charge >= 0.3 is 0 Å². The molecule has 1 saturated heterocycles. The number of nitrogens with zero attached hydrogens (tertiary/aromatic N) is 4. The molecule has 4 atom stereocenters. The van der Waals surface area contributed by atoms with Crippen molar-refractivity contribution in [3.8, 4) is 12.3 Å². The number of nitrogen functional groups attached to an aromatic ring is 1. The van der Waals surface area contributed by atoms with Gasteiger partial charge in [0.2, 0.25) is 0 Å². The molecule has 0 amide bonds. The maximum Gasteiger partial charge on any atom is 0.182 e. The second-order valence-electron chi connectivity index (χ2n) is 4.72. The topological polar surface area (TPSA) is 140 Å². The van der Waals surface area contributed by atoms with E-state index in [1.807, 2.05) is 0 Å². The number of fused-ring (bicyclic) bond motifs is 1. The molecule has 0 radical (unpaired) electrons. The Morgan fingerprint density at radius 1 is 1.43 bits per heavy atom. The van der Waals surface area contributed by atoms with Gasteiger partial charge < -0.3 is 25.8 Å². The third-order valence-corrected chi connectivity index (χ3v) is 3.56. The first-order chi connectivity index (χ1) is 10.0. The molecule has 1 aliphatic heterocycles. The van der Waals surface area contributed by atoms with Crippen molar-refractivity contribution >= 4 is 17.0 Å². The van der Waals surface area contributed by atoms with Gasteiger partial charge in [0.05, 0.1) is 12.9 Å². The summed E-state index contributed by atoms with van der Waals surface area (Å²) in [7, 11) is 0. The van der Waals surface area contributed by atoms with Gasteiger partial charge in [-0.15, -0.1) is 6.42 Å². The minimum absolute atomic E-state index is 0.178. The number of aliphatic hydroxyl groups is 3. The molecule has 9 nitrogen and oxygen atoms in total. The van der Waals surface area contributed by atoms with Crippen LogP contribution in [0.25, 0.3) is 11.2 Å². The molecule has 0 bridgehead atoms. The molecule has 0 aromatic carbocycles. The predicted octanol–water partition coefficient (Wildman–Crippen LogP) is -1.98. The number of terminal acetylenes is 1. The van der Waals surface area contributed by atoms with Crippen LogP contribution in [-0.2, 0) is 4.74 Å². The van der Waals surface area contributed by atoms with E-state index in [-0.39, 0.29) is 5.82 Å². The molecule has 1 fully saturated rings. The molecule has 0 saturated carbocycles. The minimum atomic E-state index is -1.68. The largest absolute Gasteiger partial charge is 0.392 e. The van der Waals surface area contributed by atoms with E-state index >= 15 is 0 Å². The molecule has 3 rings (SSSR count). The molecule has 2 aromatic heterocycles. The molecule has 5 N–H and O–H groups in total. The second kappa shape index (κ2) is 4.64. The molecule has 1 aliphatic rings. The van der Waals surface area contributed by atoms with Gasteiger partial charge in [-0.25, -0.2) is 15.0 Å². The van der Waals surface area contributed by atoms with Crippen molar-refractivity contribution in [1.82, 2.24) is 19.5 Å². The second-order valence-corrected chi connectivity index (χ2v) is 4.72. The van der Waals surface area contributed by atoms with E-state index in [0.29, 0.717) is 11.2 Å². The van der Waals surface area contributed by atoms with Gasteiger partial charge in [-0.05, 0) is 0 Å². The normalized spacial score (nSPS) is 32.4. The van der Waals surface area contributed by atoms with Crippen LogP contribution in [0.15, 0.2) is 12.7 Å². The smallest absolute Gasteiger partial charge is 0.182 e. The van der Waals surface area contributed by atoms with Gasteiger partial charge in [-0.1, -0.05) is 5.92 Å². The van der Waals surface area contributed by atoms with Crippen LogP contribution in [0.3, 0.4) is 0 Å². The number of imidazole rings is 1. The summed E-state index contributed by atoms with van der Waals surface area (Å²) >= 11 is 0. The molecule has 0 spiro atoms. The lowest BCUT2D eigenvalue weighted by atomic mass is 9.97. The van der Waals surface area contributed by atoms with Crippen molar-refractivity contribution in [3.05, 3.63) is 12.7 Å². The molecule has 21 heavy (non-hydrogen) atoms. The zero-order valence-corrected chi connectivity index (χ0v) is 10.8. The Labute approximate surface area is 119 Å². The lowest BCUT2D eigenvalue weighted by Gasteiger charge is -2.23. The van der Waals surface area contributed by atoms with Crippen LogP contribution >= 0.6 is 0 Å². The molecular formula is C12H13N5O4. The summed E-state index contributed by atoms with van der Waals surface area (Å²) in [6.45, 7) is -0.637. The average molecular weight is 291 g/mol. The Balaban J connectivity index is 2.08. The summed E-state index contributed by atoms with van der Waals surface area (Å²) in [4.78, 5) is 11.9. The number of hydrogen-bond acceptors (Lipinski definition) is 8. The quantitative estimate of drug-likeness (QED) is 0.467. The monoisotopic (exact) mass is 291 g/mol. The maximum atomic E-state index is 10.2. The summed E-state index contributed by atoms with van der Waals surface area (Å²) in [6, 6.07) is 0. The lowest BCUT2D eigenvalue weighted by Crippen LogP contribution is -2.44. The van der Waals surface area contributed by atoms with Gasteiger partial charge in [0.1, 0.15) is 24.1 Å². The first-order valence-corrected chi connectivity index (χ1v) is 6.09. The van der Waals surface area contributed by atoms with E-state index in [1.54, 1.807) is 0 Å². The van der Waals surface area contributed by atoms with Gasteiger partial charge in [-0.2, -0.15) is 0 Å². The summed E-state index contributed by atoms with van der Waals surface area (Å²) in [5.74, 6) is 2.36. The Morgan fingerprint density at radius 3 is 2.81 bits per heavy atom. The number of rotatable bonds is 2. The molecule has 3 heterocycles. The number of aromatic nitrogens is 4. The number of nitrogens with two attached hydrogens (primary N) is 1. The van der Waals surface area contributed by atoms with Gasteiger partial charge in [-0.3, -0.25) is 4.57 Å². The van der Waals surface area contributed by atoms with Gasteiger partial charge in [0.25, 0.3) is 0 Å². The SMILES string of the molecule is C#C[C@]1(CO)O[C@@H](n2cnc3c(N)ncnc32)[C@@H](O)[C@@H]1O. The third kappa shape index (κ3) is 1.78. The first-order valence-electron chi connectivity index (χ1n) is 6.09. The van der Waals surface area contributed by atoms with Crippen LogP contribution in [0.5, 0.6) is 0 Å². The van der Waals surface area contributed by atoms with Crippen LogP contribution in [0.1, 0.15) is 6.23 Å². The summed E-state index contributed by atoms with van der Waals surface area (Å²) in [5.41, 5.74) is 4.66. The standard InChI is InChI=1S/C12H13N5O4/c1-2-12(3-18)8(20)7(19)11(21-12)17-5-16-6-9(13)14-4-15-10(6)17/h1,4-5,7-8,11,18-20H,3H2,(H2,13,14,15)/t7-,8-,11+,12+/m0/s1. The van der Waals surface area contributed by atoms with Crippen LogP contribution in [0.4, 0.5) is 5.82 Å². The van der Waals surface area contributed by atoms with E-state index in [2.05, 4.69) is 20.9 Å². The Kier molecular flexibility index (Phi) is 3.03. The number of anilines is 1. The molecule has 9 heteroatoms. The number of aliphatic hydroxyl groups excluding tert-OH is 3. The zero-order valence-electron chi connectivity index (χ0n) is 10.8. The highest BCUT2D eigenvalue weighted by Gasteiger charge is 2.54. The van der Waals surface area contributed by atoms with E-state index in [0.717, 1.165) is 0 Å². The van der Waals surface area contributed by atoms with Crippen LogP contribution in [0.2, 0.25) is 0 Å². The maximum absolute atomic E-state index is 10.2. The van der Waals surface area contributed by atoms with Crippen LogP contribution < -0.4 is 5.73 Å². The Morgan fingerprint density at radius 2 is 2.19 bits per heavy atom. The Bertz CT molecular complexity index is 726. The van der Waals surface area contributed by atoms with Crippen molar-refractivity contribution in [2.75, 3.05) is 12.3 Å². The van der Waals surface area contributed by atoms with Crippen molar-refractivity contribution in [3.63, 3.8) is 0 Å². The summed E-state index contributed by atoms with van der Waals surface area (Å²) in [5, 5.41) is 29.6. The Hall–Kier alpha value is -2.25. The lowest BCUT2D eigenvalue weighted by molar-refractivity contribution is -0.0911. The summed E-state index contributed by atoms with van der Waals surface area (Å²) in [6.07, 6.45) is 4.04. The highest BCUT2D eigenvalue weighted by atomic mass is 16.6. The van der Waals surface area contributed by atoms with E-state index in [1.165, 1.54) is 17.2 Å². The predicted molar refractivity (Wildman–Crippen MR) is 70.5 cm³/mol. The van der Waals surface area contributed by atoms with Crippen molar-refractivity contribution in [2.24, 2.45) is 0 Å². The third-order valence-electron chi connectivity index (χ3n) is 3.56. The van der Waals surface area contributed by atoms with E-state index in [4.69, 9.17) is 16.9 Å². The van der Waals surface area contributed by atoms with Crippen LogP contribution in [0, 0.1) is 12.3 Å². The van der Waals surface area contributed by atoms with Crippen molar-refractivity contribution in [1.29, 1.82) is 0 Å². The molecule has 2 aromatic rings. The van der Waals surface area contributed by atoms with E-state index < -0.39 is 30.6 Å². The highest BCUT2D eigenvalue weighted by molar-refractivity contribution is 5.81. The fraction of sp³-hybridized carbons (Fsp3) is 0.417. The fourth-order valence-corrected chi connectivity index (χ4v) is 2.36. The first kappa shape index (κ1) is 13.7. The van der Waals surface area contributed by atoms with Crippen LogP contribution in [-0.4, -0.2) is 59.3 Å². The highest BCUT2D eigenvalue weighted by Crippen LogP contribution is 2.37. The molecule has 110 valence electrons. The fourth-order valence-electron chi connectivity index (χ4n) is 2.36. The van der Waals surface area contributed by atoms with Gasteiger partial charge in [0.15, 0.2) is 23.3 Å². The molecular weight excluding hydrogens is 278 g/mol. The van der Waals surface area contributed by atoms with Crippen molar-refractivity contribution < 1.29 is 20.1 Å². The summed E-state index contributed by atoms with van der Waals surface area (Å²) < 4.78 is 6.88. The molecule has 0 aliphatic carbocycles. The van der Waals surface area contributed by atoms with E-state index in [9.17, 15) is 15.3 Å². The zero-order chi connectivity index (χ0) is 15.2. The minimum Gasteiger partial charge on any atom is -0.392 e. The number of ether oxygens (including phenoxy) is 1.